The van der Waals surface area contributed by atoms with Gasteiger partial charge in [-0.25, -0.2) is 0 Å². The number of hydrogen-bond acceptors (Lipinski definition) is 2. The summed E-state index contributed by atoms with van der Waals surface area (Å²) in [4.78, 5) is 17.6. The van der Waals surface area contributed by atoms with Crippen LogP contribution in [0.2, 0.25) is 5.02 Å². The SMILES string of the molecule is CN(CCCc1cc(-c2ccccc2)n[nH]1)C(=O)c1cc2cc(Cl)ccc2[nH]1. The average Bonchev–Trinajstić information content (AvgIpc) is 3.34. The minimum atomic E-state index is -0.0260. The summed E-state index contributed by atoms with van der Waals surface area (Å²) in [6.45, 7) is 0.661. The number of benzene rings is 2. The second kappa shape index (κ2) is 7.90. The minimum Gasteiger partial charge on any atom is -0.351 e. The van der Waals surface area contributed by atoms with E-state index >= 15 is 0 Å². The highest BCUT2D eigenvalue weighted by atomic mass is 35.5. The fraction of sp³-hybridized carbons (Fsp3) is 0.182. The Balaban J connectivity index is 1.34. The number of aromatic nitrogens is 3. The van der Waals surface area contributed by atoms with Crippen molar-refractivity contribution in [3.8, 4) is 11.3 Å². The number of rotatable bonds is 6. The maximum atomic E-state index is 12.7. The second-order valence-corrected chi connectivity index (χ2v) is 7.33. The van der Waals surface area contributed by atoms with E-state index in [4.69, 9.17) is 11.6 Å². The monoisotopic (exact) mass is 392 g/mol. The Bertz CT molecular complexity index is 1100. The van der Waals surface area contributed by atoms with Gasteiger partial charge in [0.05, 0.1) is 5.69 Å². The standard InChI is InChI=1S/C22H21ClN4O/c1-27(22(28)21-13-16-12-17(23)9-10-19(16)24-21)11-5-8-18-14-20(26-25-18)15-6-3-2-4-7-15/h2-4,6-7,9-10,12-14,24H,5,8,11H2,1H3,(H,25,26). The lowest BCUT2D eigenvalue weighted by atomic mass is 10.1. The molecule has 0 aliphatic carbocycles. The van der Waals surface area contributed by atoms with E-state index in [2.05, 4.69) is 21.2 Å². The van der Waals surface area contributed by atoms with Crippen molar-refractivity contribution in [3.05, 3.63) is 77.1 Å². The van der Waals surface area contributed by atoms with E-state index in [9.17, 15) is 4.79 Å². The van der Waals surface area contributed by atoms with E-state index in [0.29, 0.717) is 17.3 Å². The van der Waals surface area contributed by atoms with Crippen molar-refractivity contribution < 1.29 is 4.79 Å². The topological polar surface area (TPSA) is 64.8 Å². The summed E-state index contributed by atoms with van der Waals surface area (Å²) in [6, 6.07) is 19.5. The van der Waals surface area contributed by atoms with Gasteiger partial charge in [-0.2, -0.15) is 5.10 Å². The van der Waals surface area contributed by atoms with Crippen molar-refractivity contribution in [1.82, 2.24) is 20.1 Å². The molecule has 6 heteroatoms. The molecule has 2 N–H and O–H groups in total. The zero-order valence-corrected chi connectivity index (χ0v) is 16.3. The van der Waals surface area contributed by atoms with Crippen LogP contribution in [0.15, 0.2) is 60.7 Å². The quantitative estimate of drug-likeness (QED) is 0.489. The highest BCUT2D eigenvalue weighted by Crippen LogP contribution is 2.21. The van der Waals surface area contributed by atoms with Gasteiger partial charge in [-0.1, -0.05) is 41.9 Å². The minimum absolute atomic E-state index is 0.0260. The molecule has 2 aromatic heterocycles. The Morgan fingerprint density at radius 3 is 2.75 bits per heavy atom. The lowest BCUT2D eigenvalue weighted by Gasteiger charge is -2.15. The molecule has 0 aliphatic rings. The molecule has 142 valence electrons. The number of fused-ring (bicyclic) bond motifs is 1. The molecule has 4 aromatic rings. The van der Waals surface area contributed by atoms with Gasteiger partial charge in [0.1, 0.15) is 5.69 Å². The maximum absolute atomic E-state index is 12.7. The summed E-state index contributed by atoms with van der Waals surface area (Å²) >= 11 is 6.02. The van der Waals surface area contributed by atoms with Crippen molar-refractivity contribution in [1.29, 1.82) is 0 Å². The molecule has 0 saturated carbocycles. The largest absolute Gasteiger partial charge is 0.351 e. The predicted octanol–water partition coefficient (Wildman–Crippen LogP) is 4.92. The van der Waals surface area contributed by atoms with Gasteiger partial charge < -0.3 is 9.88 Å². The first-order valence-corrected chi connectivity index (χ1v) is 9.61. The van der Waals surface area contributed by atoms with Crippen LogP contribution in [0.1, 0.15) is 22.6 Å². The van der Waals surface area contributed by atoms with Crippen molar-refractivity contribution in [2.75, 3.05) is 13.6 Å². The van der Waals surface area contributed by atoms with Crippen LogP contribution in [-0.2, 0) is 6.42 Å². The second-order valence-electron chi connectivity index (χ2n) is 6.89. The van der Waals surface area contributed by atoms with Crippen LogP contribution in [0.25, 0.3) is 22.2 Å². The van der Waals surface area contributed by atoms with Crippen LogP contribution in [0.4, 0.5) is 0 Å². The Labute approximate surface area is 168 Å². The fourth-order valence-electron chi connectivity index (χ4n) is 3.28. The third kappa shape index (κ3) is 3.94. The molecule has 0 fully saturated rings. The molecule has 0 atom stereocenters. The van der Waals surface area contributed by atoms with Crippen LogP contribution in [0, 0.1) is 0 Å². The Hall–Kier alpha value is -3.05. The average molecular weight is 393 g/mol. The Morgan fingerprint density at radius 1 is 1.11 bits per heavy atom. The molecule has 5 nitrogen and oxygen atoms in total. The molecule has 0 radical (unpaired) electrons. The highest BCUT2D eigenvalue weighted by Gasteiger charge is 2.14. The molecule has 1 amide bonds. The van der Waals surface area contributed by atoms with Crippen LogP contribution < -0.4 is 0 Å². The summed E-state index contributed by atoms with van der Waals surface area (Å²) in [6.07, 6.45) is 1.69. The van der Waals surface area contributed by atoms with E-state index in [-0.39, 0.29) is 5.91 Å². The molecule has 2 aromatic carbocycles. The molecular formula is C22H21ClN4O. The van der Waals surface area contributed by atoms with Gasteiger partial charge in [0.2, 0.25) is 0 Å². The number of amides is 1. The first kappa shape index (κ1) is 18.3. The van der Waals surface area contributed by atoms with Crippen LogP contribution >= 0.6 is 11.6 Å². The first-order valence-electron chi connectivity index (χ1n) is 9.23. The molecule has 0 unspecified atom stereocenters. The molecule has 2 heterocycles. The number of carbonyl (C=O) groups is 1. The zero-order valence-electron chi connectivity index (χ0n) is 15.6. The third-order valence-electron chi connectivity index (χ3n) is 4.80. The lowest BCUT2D eigenvalue weighted by molar-refractivity contribution is 0.0788. The van der Waals surface area contributed by atoms with Gasteiger partial charge in [-0.3, -0.25) is 9.89 Å². The van der Waals surface area contributed by atoms with E-state index < -0.39 is 0 Å². The summed E-state index contributed by atoms with van der Waals surface area (Å²) in [5.74, 6) is -0.0260. The summed E-state index contributed by atoms with van der Waals surface area (Å²) in [5, 5.41) is 9.07. The summed E-state index contributed by atoms with van der Waals surface area (Å²) in [5.41, 5.74) is 4.59. The van der Waals surface area contributed by atoms with E-state index in [1.807, 2.05) is 61.6 Å². The molecule has 0 spiro atoms. The summed E-state index contributed by atoms with van der Waals surface area (Å²) < 4.78 is 0. The van der Waals surface area contributed by atoms with Gasteiger partial charge in [0.25, 0.3) is 5.91 Å². The van der Waals surface area contributed by atoms with Crippen LogP contribution in [0.5, 0.6) is 0 Å². The Morgan fingerprint density at radius 2 is 1.93 bits per heavy atom. The number of nitrogens with one attached hydrogen (secondary N) is 2. The summed E-state index contributed by atoms with van der Waals surface area (Å²) in [7, 11) is 1.82. The van der Waals surface area contributed by atoms with Crippen molar-refractivity contribution in [2.24, 2.45) is 0 Å². The van der Waals surface area contributed by atoms with E-state index in [1.165, 1.54) is 0 Å². The number of aromatic amines is 2. The number of H-pyrrole nitrogens is 2. The molecule has 28 heavy (non-hydrogen) atoms. The van der Waals surface area contributed by atoms with Gasteiger partial charge in [-0.15, -0.1) is 0 Å². The number of halogens is 1. The normalized spacial score (nSPS) is 11.1. The molecular weight excluding hydrogens is 372 g/mol. The Kier molecular flexibility index (Phi) is 5.17. The van der Waals surface area contributed by atoms with Crippen molar-refractivity contribution in [3.63, 3.8) is 0 Å². The van der Waals surface area contributed by atoms with Crippen molar-refractivity contribution >= 4 is 28.4 Å². The van der Waals surface area contributed by atoms with Crippen molar-refractivity contribution in [2.45, 2.75) is 12.8 Å². The third-order valence-corrected chi connectivity index (χ3v) is 5.04. The van der Waals surface area contributed by atoms with E-state index in [0.717, 1.165) is 40.7 Å². The molecule has 0 saturated heterocycles. The van der Waals surface area contributed by atoms with E-state index in [1.54, 1.807) is 4.90 Å². The van der Waals surface area contributed by atoms with Gasteiger partial charge in [0, 0.05) is 40.8 Å². The van der Waals surface area contributed by atoms with Crippen LogP contribution in [0.3, 0.4) is 0 Å². The van der Waals surface area contributed by atoms with Gasteiger partial charge in [0.15, 0.2) is 0 Å². The number of hydrogen-bond donors (Lipinski definition) is 2. The van der Waals surface area contributed by atoms with Crippen LogP contribution in [-0.4, -0.2) is 39.6 Å². The molecule has 0 aliphatic heterocycles. The number of carbonyl (C=O) groups excluding carboxylic acids is 1. The predicted molar refractivity (Wildman–Crippen MR) is 113 cm³/mol. The molecule has 4 rings (SSSR count). The smallest absolute Gasteiger partial charge is 0.270 e. The zero-order chi connectivity index (χ0) is 19.5. The van der Waals surface area contributed by atoms with Gasteiger partial charge in [-0.05, 0) is 43.2 Å². The lowest BCUT2D eigenvalue weighted by Crippen LogP contribution is -2.28. The van der Waals surface area contributed by atoms with Gasteiger partial charge >= 0.3 is 0 Å². The maximum Gasteiger partial charge on any atom is 0.270 e. The molecule has 0 bridgehead atoms. The number of nitrogens with zero attached hydrogens (tertiary/aromatic N) is 2. The fourth-order valence-corrected chi connectivity index (χ4v) is 3.46. The number of aryl methyl sites for hydroxylation is 1. The first-order chi connectivity index (χ1) is 13.6. The highest BCUT2D eigenvalue weighted by molar-refractivity contribution is 6.31.